The van der Waals surface area contributed by atoms with E-state index in [2.05, 4.69) is 44.8 Å². The molecule has 9 heteroatoms. The van der Waals surface area contributed by atoms with Crippen molar-refractivity contribution >= 4 is 28.8 Å². The van der Waals surface area contributed by atoms with Crippen LogP contribution in [-0.2, 0) is 22.4 Å². The molecule has 0 saturated carbocycles. The van der Waals surface area contributed by atoms with Crippen molar-refractivity contribution in [3.8, 4) is 16.3 Å². The second kappa shape index (κ2) is 9.97. The zero-order chi connectivity index (χ0) is 22.3. The van der Waals surface area contributed by atoms with Crippen LogP contribution in [0.15, 0.2) is 66.6 Å². The lowest BCUT2D eigenvalue weighted by Crippen LogP contribution is -2.33. The van der Waals surface area contributed by atoms with Crippen molar-refractivity contribution in [1.29, 1.82) is 0 Å². The zero-order valence-electron chi connectivity index (χ0n) is 17.5. The van der Waals surface area contributed by atoms with Gasteiger partial charge in [-0.2, -0.15) is 5.10 Å². The van der Waals surface area contributed by atoms with Crippen molar-refractivity contribution < 1.29 is 9.59 Å². The molecule has 4 rings (SSSR count). The first-order valence-corrected chi connectivity index (χ1v) is 11.0. The maximum absolute atomic E-state index is 12.2. The first-order chi connectivity index (χ1) is 15.6. The van der Waals surface area contributed by atoms with Gasteiger partial charge in [0, 0.05) is 16.6 Å². The van der Waals surface area contributed by atoms with E-state index >= 15 is 0 Å². The van der Waals surface area contributed by atoms with Crippen LogP contribution in [0.5, 0.6) is 0 Å². The third-order valence-electron chi connectivity index (χ3n) is 4.78. The largest absolute Gasteiger partial charge is 0.347 e. The highest BCUT2D eigenvalue weighted by molar-refractivity contribution is 7.13. The van der Waals surface area contributed by atoms with Gasteiger partial charge in [-0.05, 0) is 36.2 Å². The van der Waals surface area contributed by atoms with E-state index in [0.29, 0.717) is 11.4 Å². The zero-order valence-corrected chi connectivity index (χ0v) is 18.3. The highest BCUT2D eigenvalue weighted by Crippen LogP contribution is 2.24. The molecule has 2 amide bonds. The van der Waals surface area contributed by atoms with Gasteiger partial charge >= 0.3 is 0 Å². The van der Waals surface area contributed by atoms with Crippen molar-refractivity contribution in [3.63, 3.8) is 0 Å². The smallest absolute Gasteiger partial charge is 0.243 e. The molecular formula is C23H22N6O2S. The van der Waals surface area contributed by atoms with Crippen LogP contribution in [0.25, 0.3) is 16.3 Å². The molecular weight excluding hydrogens is 424 g/mol. The number of nitrogens with zero attached hydrogens (tertiary/aromatic N) is 4. The van der Waals surface area contributed by atoms with Gasteiger partial charge in [0.1, 0.15) is 17.7 Å². The van der Waals surface area contributed by atoms with Crippen molar-refractivity contribution in [2.45, 2.75) is 19.8 Å². The Labute approximate surface area is 189 Å². The molecule has 8 nitrogen and oxygen atoms in total. The van der Waals surface area contributed by atoms with Crippen LogP contribution in [0.4, 0.5) is 5.69 Å². The van der Waals surface area contributed by atoms with Gasteiger partial charge in [0.2, 0.25) is 11.8 Å². The normalized spacial score (nSPS) is 10.7. The number of aryl methyl sites for hydroxylation is 1. The van der Waals surface area contributed by atoms with Gasteiger partial charge in [-0.3, -0.25) is 9.59 Å². The van der Waals surface area contributed by atoms with E-state index in [0.717, 1.165) is 22.7 Å². The molecule has 4 aromatic rings. The fraction of sp³-hybridized carbons (Fsp3) is 0.174. The number of carbonyl (C=O) groups excluding carboxylic acids is 2. The summed E-state index contributed by atoms with van der Waals surface area (Å²) in [5.74, 6) is -0.554. The summed E-state index contributed by atoms with van der Waals surface area (Å²) in [6.07, 6.45) is 4.17. The lowest BCUT2D eigenvalue weighted by molar-refractivity contribution is -0.123. The topological polar surface area (TPSA) is 102 Å². The van der Waals surface area contributed by atoms with Gasteiger partial charge in [-0.15, -0.1) is 11.3 Å². The Morgan fingerprint density at radius 3 is 2.50 bits per heavy atom. The highest BCUT2D eigenvalue weighted by atomic mass is 32.1. The number of rotatable bonds is 8. The van der Waals surface area contributed by atoms with E-state index in [1.165, 1.54) is 23.2 Å². The van der Waals surface area contributed by atoms with E-state index in [-0.39, 0.29) is 24.8 Å². The van der Waals surface area contributed by atoms with E-state index in [1.54, 1.807) is 23.1 Å². The van der Waals surface area contributed by atoms with Gasteiger partial charge in [0.15, 0.2) is 0 Å². The molecule has 0 radical (unpaired) electrons. The molecule has 0 spiro atoms. The Morgan fingerprint density at radius 2 is 1.81 bits per heavy atom. The Morgan fingerprint density at radius 1 is 1.03 bits per heavy atom. The number of carbonyl (C=O) groups is 2. The molecule has 0 saturated heterocycles. The average Bonchev–Trinajstić information content (AvgIpc) is 3.51. The minimum Gasteiger partial charge on any atom is -0.347 e. The fourth-order valence-corrected chi connectivity index (χ4v) is 3.88. The quantitative estimate of drug-likeness (QED) is 0.433. The molecule has 162 valence electrons. The second-order valence-corrected chi connectivity index (χ2v) is 7.94. The highest BCUT2D eigenvalue weighted by Gasteiger charge is 2.11. The first kappa shape index (κ1) is 21.4. The first-order valence-electron chi connectivity index (χ1n) is 10.2. The molecule has 0 aliphatic rings. The summed E-state index contributed by atoms with van der Waals surface area (Å²) in [7, 11) is 0. The number of hydrogen-bond donors (Lipinski definition) is 2. The summed E-state index contributed by atoms with van der Waals surface area (Å²) >= 11 is 1.50. The molecule has 0 unspecified atom stereocenters. The molecule has 0 aliphatic heterocycles. The molecule has 2 N–H and O–H groups in total. The Bertz CT molecular complexity index is 1180. The number of amides is 2. The van der Waals surface area contributed by atoms with Crippen LogP contribution in [0.1, 0.15) is 18.2 Å². The van der Waals surface area contributed by atoms with Crippen molar-refractivity contribution in [3.05, 3.63) is 77.8 Å². The van der Waals surface area contributed by atoms with Gasteiger partial charge in [-0.25, -0.2) is 14.6 Å². The number of thiazole rings is 1. The molecule has 0 atom stereocenters. The minimum absolute atomic E-state index is 0.112. The molecule has 32 heavy (non-hydrogen) atoms. The number of benzene rings is 2. The summed E-state index contributed by atoms with van der Waals surface area (Å²) in [5.41, 5.74) is 4.46. The number of anilines is 1. The van der Waals surface area contributed by atoms with E-state index < -0.39 is 0 Å². The Kier molecular flexibility index (Phi) is 6.66. The van der Waals surface area contributed by atoms with E-state index in [9.17, 15) is 9.59 Å². The van der Waals surface area contributed by atoms with Crippen LogP contribution in [0.2, 0.25) is 0 Å². The predicted molar refractivity (Wildman–Crippen MR) is 124 cm³/mol. The molecule has 0 bridgehead atoms. The maximum Gasteiger partial charge on any atom is 0.243 e. The third-order valence-corrected chi connectivity index (χ3v) is 5.72. The summed E-state index contributed by atoms with van der Waals surface area (Å²) in [6, 6.07) is 15.4. The standard InChI is InChI=1S/C23H22N6O2S/c1-2-16-3-5-17(6-4-16)23-28-19(13-32-23)11-21(30)25-12-22(31)27-18-7-9-20(10-8-18)29-15-24-14-26-29/h3-10,13-15H,2,11-12H2,1H3,(H,25,30)(H,27,31). The van der Waals surface area contributed by atoms with Crippen molar-refractivity contribution in [2.24, 2.45) is 0 Å². The second-order valence-electron chi connectivity index (χ2n) is 7.08. The van der Waals surface area contributed by atoms with Gasteiger partial charge < -0.3 is 10.6 Å². The predicted octanol–water partition coefficient (Wildman–Crippen LogP) is 3.25. The minimum atomic E-state index is -0.304. The van der Waals surface area contributed by atoms with Crippen LogP contribution in [-0.4, -0.2) is 38.1 Å². The Balaban J connectivity index is 1.25. The van der Waals surface area contributed by atoms with Crippen LogP contribution in [0.3, 0.4) is 0 Å². The summed E-state index contributed by atoms with van der Waals surface area (Å²) < 4.78 is 1.62. The van der Waals surface area contributed by atoms with Gasteiger partial charge in [0.05, 0.1) is 24.3 Å². The number of aromatic nitrogens is 4. The van der Waals surface area contributed by atoms with Gasteiger partial charge in [-0.1, -0.05) is 31.2 Å². The summed E-state index contributed by atoms with van der Waals surface area (Å²) in [5, 5.41) is 12.2. The lowest BCUT2D eigenvalue weighted by Gasteiger charge is -2.07. The van der Waals surface area contributed by atoms with Crippen molar-refractivity contribution in [2.75, 3.05) is 11.9 Å². The average molecular weight is 447 g/mol. The third kappa shape index (κ3) is 5.44. The molecule has 2 heterocycles. The van der Waals surface area contributed by atoms with Crippen LogP contribution in [0, 0.1) is 0 Å². The molecule has 2 aromatic carbocycles. The van der Waals surface area contributed by atoms with Crippen LogP contribution >= 0.6 is 11.3 Å². The van der Waals surface area contributed by atoms with E-state index in [1.807, 2.05) is 29.6 Å². The van der Waals surface area contributed by atoms with Crippen LogP contribution < -0.4 is 10.6 Å². The number of nitrogens with one attached hydrogen (secondary N) is 2. The molecule has 0 aliphatic carbocycles. The molecule has 2 aromatic heterocycles. The monoisotopic (exact) mass is 446 g/mol. The SMILES string of the molecule is CCc1ccc(-c2nc(CC(=O)NCC(=O)Nc3ccc(-n4cncn4)cc3)cs2)cc1. The fourth-order valence-electron chi connectivity index (χ4n) is 3.05. The lowest BCUT2D eigenvalue weighted by atomic mass is 10.1. The summed E-state index contributed by atoms with van der Waals surface area (Å²) in [4.78, 5) is 32.8. The van der Waals surface area contributed by atoms with E-state index in [4.69, 9.17) is 0 Å². The maximum atomic E-state index is 12.2. The number of hydrogen-bond acceptors (Lipinski definition) is 6. The van der Waals surface area contributed by atoms with Gasteiger partial charge in [0.25, 0.3) is 0 Å². The molecule has 0 fully saturated rings. The van der Waals surface area contributed by atoms with Crippen molar-refractivity contribution in [1.82, 2.24) is 25.1 Å². The summed E-state index contributed by atoms with van der Waals surface area (Å²) in [6.45, 7) is 2.00. The Hall–Kier alpha value is -3.85.